The maximum Gasteiger partial charge on any atom is 0.354 e. The number of carboxylic acid groups (broad SMARTS) is 1. The van der Waals surface area contributed by atoms with Gasteiger partial charge < -0.3 is 10.0 Å². The van der Waals surface area contributed by atoms with Gasteiger partial charge in [0.1, 0.15) is 0 Å². The highest BCUT2D eigenvalue weighted by atomic mass is 32.2. The van der Waals surface area contributed by atoms with Crippen molar-refractivity contribution in [1.29, 1.82) is 0 Å². The first-order chi connectivity index (χ1) is 9.00. The van der Waals surface area contributed by atoms with Crippen LogP contribution in [0.3, 0.4) is 0 Å². The van der Waals surface area contributed by atoms with E-state index >= 15 is 0 Å². The molecule has 1 unspecified atom stereocenters. The van der Waals surface area contributed by atoms with E-state index < -0.39 is 10.9 Å². The summed E-state index contributed by atoms with van der Waals surface area (Å²) in [6.07, 6.45) is 0.914. The second kappa shape index (κ2) is 5.43. The number of nitro groups is 1. The molecule has 0 amide bonds. The Bertz CT molecular complexity index is 517. The van der Waals surface area contributed by atoms with E-state index in [9.17, 15) is 14.9 Å². The summed E-state index contributed by atoms with van der Waals surface area (Å²) in [4.78, 5) is 27.0. The smallest absolute Gasteiger partial charge is 0.354 e. The van der Waals surface area contributed by atoms with Gasteiger partial charge in [-0.05, 0) is 18.2 Å². The van der Waals surface area contributed by atoms with Crippen LogP contribution >= 0.6 is 11.8 Å². The fourth-order valence-electron chi connectivity index (χ4n) is 1.96. The Hall–Kier alpha value is -1.83. The van der Waals surface area contributed by atoms with Crippen molar-refractivity contribution in [2.45, 2.75) is 12.5 Å². The summed E-state index contributed by atoms with van der Waals surface area (Å²) in [5.74, 6) is 0.802. The van der Waals surface area contributed by atoms with E-state index in [1.54, 1.807) is 23.7 Å². The normalized spacial score (nSPS) is 18.3. The third kappa shape index (κ3) is 2.78. The molecular weight excluding hydrogens is 270 g/mol. The van der Waals surface area contributed by atoms with Crippen molar-refractivity contribution in [2.24, 2.45) is 0 Å². The molecule has 8 heteroatoms. The fourth-order valence-corrected chi connectivity index (χ4v) is 3.23. The molecule has 1 N–H and O–H groups in total. The zero-order valence-electron chi connectivity index (χ0n) is 10.3. The fraction of sp³-hybridized carbons (Fsp3) is 0.455. The summed E-state index contributed by atoms with van der Waals surface area (Å²) >= 11 is 1.77. The number of hydrogen-bond acceptors (Lipinski definition) is 6. The molecule has 1 aliphatic heterocycles. The molecule has 0 radical (unpaired) electrons. The minimum absolute atomic E-state index is 0.123. The summed E-state index contributed by atoms with van der Waals surface area (Å²) in [7, 11) is 1.72. The molecule has 1 aromatic rings. The lowest BCUT2D eigenvalue weighted by Crippen LogP contribution is -2.32. The molecule has 0 saturated carbocycles. The van der Waals surface area contributed by atoms with Gasteiger partial charge in [0.25, 0.3) is 0 Å². The van der Waals surface area contributed by atoms with Crippen molar-refractivity contribution in [3.63, 3.8) is 0 Å². The van der Waals surface area contributed by atoms with Gasteiger partial charge in [-0.1, -0.05) is 0 Å². The zero-order chi connectivity index (χ0) is 14.0. The van der Waals surface area contributed by atoms with Crippen LogP contribution in [0.5, 0.6) is 0 Å². The quantitative estimate of drug-likeness (QED) is 0.662. The Morgan fingerprint density at radius 1 is 1.63 bits per heavy atom. The number of thioether (sulfide) groups is 1. The molecule has 19 heavy (non-hydrogen) atoms. The van der Waals surface area contributed by atoms with Gasteiger partial charge in [0.2, 0.25) is 5.82 Å². The number of hydrogen-bond donors (Lipinski definition) is 1. The first-order valence-corrected chi connectivity index (χ1v) is 6.85. The summed E-state index contributed by atoms with van der Waals surface area (Å²) in [5.41, 5.74) is -0.345. The van der Waals surface area contributed by atoms with Gasteiger partial charge in [-0.15, -0.1) is 0 Å². The van der Waals surface area contributed by atoms with E-state index in [-0.39, 0.29) is 23.2 Å². The number of carbonyl (C=O) groups is 1. The van der Waals surface area contributed by atoms with Gasteiger partial charge in [0.05, 0.1) is 4.92 Å². The molecule has 1 aromatic heterocycles. The van der Waals surface area contributed by atoms with Gasteiger partial charge in [-0.25, -0.2) is 9.78 Å². The van der Waals surface area contributed by atoms with E-state index in [2.05, 4.69) is 4.98 Å². The molecule has 1 aliphatic rings. The largest absolute Gasteiger partial charge is 0.477 e. The van der Waals surface area contributed by atoms with Crippen molar-refractivity contribution < 1.29 is 14.8 Å². The molecule has 7 nitrogen and oxygen atoms in total. The highest BCUT2D eigenvalue weighted by Crippen LogP contribution is 2.31. The molecule has 0 spiro atoms. The van der Waals surface area contributed by atoms with E-state index in [1.807, 2.05) is 0 Å². The predicted octanol–water partition coefficient (Wildman–Crippen LogP) is 1.63. The van der Waals surface area contributed by atoms with Crippen LogP contribution in [0, 0.1) is 10.1 Å². The first kappa shape index (κ1) is 13.6. The van der Waals surface area contributed by atoms with Gasteiger partial charge >= 0.3 is 11.7 Å². The SMILES string of the molecule is CN(c1nc(C(=O)O)ccc1[N+](=O)[O-])C1CCSC1. The van der Waals surface area contributed by atoms with E-state index in [4.69, 9.17) is 5.11 Å². The van der Waals surface area contributed by atoms with E-state index in [1.165, 1.54) is 6.07 Å². The van der Waals surface area contributed by atoms with Gasteiger partial charge in [0, 0.05) is 24.9 Å². The minimum atomic E-state index is -1.19. The zero-order valence-corrected chi connectivity index (χ0v) is 11.1. The molecule has 0 aromatic carbocycles. The minimum Gasteiger partial charge on any atom is -0.477 e. The predicted molar refractivity (Wildman–Crippen MR) is 72.0 cm³/mol. The van der Waals surface area contributed by atoms with Crippen molar-refractivity contribution in [2.75, 3.05) is 23.5 Å². The highest BCUT2D eigenvalue weighted by Gasteiger charge is 2.28. The molecule has 102 valence electrons. The summed E-state index contributed by atoms with van der Waals surface area (Å²) in [5, 5.41) is 19.9. The number of anilines is 1. The maximum absolute atomic E-state index is 11.0. The lowest BCUT2D eigenvalue weighted by atomic mass is 10.2. The van der Waals surface area contributed by atoms with E-state index in [0.717, 1.165) is 24.0 Å². The van der Waals surface area contributed by atoms with Crippen molar-refractivity contribution in [3.8, 4) is 0 Å². The van der Waals surface area contributed by atoms with Gasteiger partial charge in [-0.3, -0.25) is 10.1 Å². The Balaban J connectivity index is 2.41. The summed E-state index contributed by atoms with van der Waals surface area (Å²) in [6.45, 7) is 0. The molecule has 2 heterocycles. The standard InChI is InChI=1S/C11H13N3O4S/c1-13(7-4-5-19-6-7)10-9(14(17)18)3-2-8(12-10)11(15)16/h2-3,7H,4-6H2,1H3,(H,15,16). The topological polar surface area (TPSA) is 96.6 Å². The van der Waals surface area contributed by atoms with Gasteiger partial charge in [-0.2, -0.15) is 11.8 Å². The lowest BCUT2D eigenvalue weighted by Gasteiger charge is -2.24. The number of rotatable bonds is 4. The number of aromatic nitrogens is 1. The second-order valence-corrected chi connectivity index (χ2v) is 5.38. The first-order valence-electron chi connectivity index (χ1n) is 5.70. The van der Waals surface area contributed by atoms with Crippen LogP contribution in [0.25, 0.3) is 0 Å². The molecule has 0 bridgehead atoms. The van der Waals surface area contributed by atoms with Crippen molar-refractivity contribution >= 4 is 29.2 Å². The van der Waals surface area contributed by atoms with Crippen LogP contribution in [0.1, 0.15) is 16.9 Å². The van der Waals surface area contributed by atoms with Crippen LogP contribution in [-0.2, 0) is 0 Å². The van der Waals surface area contributed by atoms with Gasteiger partial charge in [0.15, 0.2) is 5.69 Å². The van der Waals surface area contributed by atoms with Crippen LogP contribution < -0.4 is 4.90 Å². The molecule has 1 fully saturated rings. The Morgan fingerprint density at radius 2 is 2.37 bits per heavy atom. The number of carboxylic acids is 1. The van der Waals surface area contributed by atoms with Crippen LogP contribution in [0.4, 0.5) is 11.5 Å². The van der Waals surface area contributed by atoms with Crippen molar-refractivity contribution in [3.05, 3.63) is 27.9 Å². The Morgan fingerprint density at radius 3 is 2.89 bits per heavy atom. The van der Waals surface area contributed by atoms with Crippen molar-refractivity contribution in [1.82, 2.24) is 4.98 Å². The second-order valence-electron chi connectivity index (χ2n) is 4.23. The molecule has 1 saturated heterocycles. The lowest BCUT2D eigenvalue weighted by molar-refractivity contribution is -0.384. The average Bonchev–Trinajstić information content (AvgIpc) is 2.90. The third-order valence-corrected chi connectivity index (χ3v) is 4.20. The summed E-state index contributed by atoms with van der Waals surface area (Å²) in [6, 6.07) is 2.51. The average molecular weight is 283 g/mol. The Labute approximate surface area is 113 Å². The number of aromatic carboxylic acids is 1. The maximum atomic E-state index is 11.0. The number of nitrogens with zero attached hydrogens (tertiary/aromatic N) is 3. The van der Waals surface area contributed by atoms with Crippen LogP contribution in [-0.4, -0.2) is 45.6 Å². The monoisotopic (exact) mass is 283 g/mol. The highest BCUT2D eigenvalue weighted by molar-refractivity contribution is 7.99. The Kier molecular flexibility index (Phi) is 3.89. The molecule has 2 rings (SSSR count). The molecular formula is C11H13N3O4S. The van der Waals surface area contributed by atoms with E-state index in [0.29, 0.717) is 0 Å². The summed E-state index contributed by atoms with van der Waals surface area (Å²) < 4.78 is 0. The van der Waals surface area contributed by atoms with Crippen LogP contribution in [0.2, 0.25) is 0 Å². The third-order valence-electron chi connectivity index (χ3n) is 3.06. The number of pyridine rings is 1. The molecule has 1 atom stereocenters. The van der Waals surface area contributed by atoms with Crippen LogP contribution in [0.15, 0.2) is 12.1 Å². The molecule has 0 aliphatic carbocycles.